The first kappa shape index (κ1) is 14.9. The fourth-order valence-corrected chi connectivity index (χ4v) is 1.83. The van der Waals surface area contributed by atoms with Crippen molar-refractivity contribution in [1.29, 1.82) is 0 Å². The van der Waals surface area contributed by atoms with Crippen LogP contribution in [0, 0.1) is 22.9 Å². The molecule has 0 radical (unpaired) electrons. The van der Waals surface area contributed by atoms with Crippen LogP contribution in [-0.2, 0) is 11.3 Å². The fraction of sp³-hybridized carbons (Fsp3) is 0.167. The van der Waals surface area contributed by atoms with Crippen molar-refractivity contribution in [3.63, 3.8) is 0 Å². The molecule has 0 unspecified atom stereocenters. The fourth-order valence-electron chi connectivity index (χ4n) is 1.67. The molecule has 0 fully saturated rings. The topological polar surface area (TPSA) is 90.1 Å². The summed E-state index contributed by atoms with van der Waals surface area (Å²) in [4.78, 5) is 25.4. The molecule has 0 bridgehead atoms. The van der Waals surface area contributed by atoms with Gasteiger partial charge in [-0.1, -0.05) is 11.6 Å². The summed E-state index contributed by atoms with van der Waals surface area (Å²) in [6.07, 6.45) is 1.15. The molecule has 0 saturated heterocycles. The molecule has 0 aliphatic rings. The molecule has 21 heavy (non-hydrogen) atoms. The largest absolute Gasteiger partial charge is 0.381 e. The van der Waals surface area contributed by atoms with Crippen LogP contribution in [0.15, 0.2) is 24.4 Å². The highest BCUT2D eigenvalue weighted by Crippen LogP contribution is 2.19. The lowest BCUT2D eigenvalue weighted by atomic mass is 10.3. The second-order valence-electron chi connectivity index (χ2n) is 4.20. The number of carbonyl (C=O) groups is 1. The highest BCUT2D eigenvalue weighted by molar-refractivity contribution is 6.30. The summed E-state index contributed by atoms with van der Waals surface area (Å²) in [6, 6.07) is 3.84. The number of halogens is 2. The zero-order valence-electron chi connectivity index (χ0n) is 10.8. The van der Waals surface area contributed by atoms with Gasteiger partial charge in [0.25, 0.3) is 0 Å². The number of nitrogens with one attached hydrogen (secondary N) is 1. The number of benzene rings is 1. The molecule has 1 aromatic carbocycles. The van der Waals surface area contributed by atoms with Gasteiger partial charge < -0.3 is 15.4 Å². The van der Waals surface area contributed by atoms with Gasteiger partial charge in [0.1, 0.15) is 18.6 Å². The second kappa shape index (κ2) is 5.88. The normalized spacial score (nSPS) is 10.4. The standard InChI is InChI=1S/C12H10ClFN4O3/c1-7-15-11(18(20)21)5-17(7)6-12(19)16-10-3-2-8(13)4-9(10)14/h2-5H,6H2,1H3,(H,16,19). The number of anilines is 1. The highest BCUT2D eigenvalue weighted by atomic mass is 35.5. The number of hydrogen-bond acceptors (Lipinski definition) is 4. The molecule has 0 atom stereocenters. The number of aryl methyl sites for hydroxylation is 1. The van der Waals surface area contributed by atoms with Crippen LogP contribution >= 0.6 is 11.6 Å². The summed E-state index contributed by atoms with van der Waals surface area (Å²) in [5.41, 5.74) is -0.0170. The zero-order valence-corrected chi connectivity index (χ0v) is 11.6. The molecule has 0 saturated carbocycles. The zero-order chi connectivity index (χ0) is 15.6. The Morgan fingerprint density at radius 2 is 2.29 bits per heavy atom. The molecule has 0 spiro atoms. The first-order valence-corrected chi connectivity index (χ1v) is 6.17. The smallest absolute Gasteiger partial charge is 0.358 e. The maximum atomic E-state index is 13.5. The average Bonchev–Trinajstić information content (AvgIpc) is 2.75. The van der Waals surface area contributed by atoms with Gasteiger partial charge in [-0.25, -0.2) is 4.39 Å². The molecular formula is C12H10ClFN4O3. The lowest BCUT2D eigenvalue weighted by molar-refractivity contribution is -0.389. The summed E-state index contributed by atoms with van der Waals surface area (Å²) in [5, 5.41) is 13.2. The molecule has 2 aromatic rings. The Kier molecular flexibility index (Phi) is 4.18. The quantitative estimate of drug-likeness (QED) is 0.694. The van der Waals surface area contributed by atoms with Gasteiger partial charge in [0, 0.05) is 11.9 Å². The van der Waals surface area contributed by atoms with E-state index in [2.05, 4.69) is 10.3 Å². The van der Waals surface area contributed by atoms with E-state index in [-0.39, 0.29) is 23.1 Å². The van der Waals surface area contributed by atoms with Gasteiger partial charge in [0.2, 0.25) is 11.7 Å². The third-order valence-electron chi connectivity index (χ3n) is 2.67. The summed E-state index contributed by atoms with van der Waals surface area (Å²) in [5.74, 6) is -1.23. The van der Waals surface area contributed by atoms with E-state index < -0.39 is 16.6 Å². The van der Waals surface area contributed by atoms with Crippen LogP contribution < -0.4 is 5.32 Å². The molecule has 1 N–H and O–H groups in total. The van der Waals surface area contributed by atoms with Crippen molar-refractivity contribution >= 4 is 29.0 Å². The van der Waals surface area contributed by atoms with E-state index in [0.717, 1.165) is 12.3 Å². The minimum atomic E-state index is -0.663. The predicted molar refractivity (Wildman–Crippen MR) is 73.7 cm³/mol. The number of nitrogens with zero attached hydrogens (tertiary/aromatic N) is 3. The molecular weight excluding hydrogens is 303 g/mol. The number of hydrogen-bond donors (Lipinski definition) is 1. The molecule has 110 valence electrons. The van der Waals surface area contributed by atoms with Crippen molar-refractivity contribution < 1.29 is 14.1 Å². The Morgan fingerprint density at radius 1 is 1.57 bits per heavy atom. The molecule has 7 nitrogen and oxygen atoms in total. The van der Waals surface area contributed by atoms with Gasteiger partial charge >= 0.3 is 5.82 Å². The summed E-state index contributed by atoms with van der Waals surface area (Å²) >= 11 is 5.61. The SMILES string of the molecule is Cc1nc([N+](=O)[O-])cn1CC(=O)Nc1ccc(Cl)cc1F. The van der Waals surface area contributed by atoms with Crippen LogP contribution in [-0.4, -0.2) is 20.4 Å². The van der Waals surface area contributed by atoms with Crippen LogP contribution in [0.1, 0.15) is 5.82 Å². The number of aromatic nitrogens is 2. The Bertz CT molecular complexity index is 717. The molecule has 9 heteroatoms. The maximum Gasteiger partial charge on any atom is 0.381 e. The number of rotatable bonds is 4. The Labute approximate surface area is 123 Å². The molecule has 1 aromatic heterocycles. The second-order valence-corrected chi connectivity index (χ2v) is 4.64. The molecule has 0 aliphatic carbocycles. The van der Waals surface area contributed by atoms with Gasteiger partial charge in [-0.3, -0.25) is 9.36 Å². The molecule has 2 rings (SSSR count). The lowest BCUT2D eigenvalue weighted by Crippen LogP contribution is -2.19. The first-order chi connectivity index (χ1) is 9.86. The maximum absolute atomic E-state index is 13.5. The van der Waals surface area contributed by atoms with E-state index in [9.17, 15) is 19.3 Å². The highest BCUT2D eigenvalue weighted by Gasteiger charge is 2.17. The third-order valence-corrected chi connectivity index (χ3v) is 2.90. The number of nitro groups is 1. The van der Waals surface area contributed by atoms with Crippen LogP contribution in [0.3, 0.4) is 0 Å². The van der Waals surface area contributed by atoms with Gasteiger partial charge in [-0.2, -0.15) is 0 Å². The Balaban J connectivity index is 2.10. The van der Waals surface area contributed by atoms with E-state index in [1.807, 2.05) is 0 Å². The third kappa shape index (κ3) is 3.54. The van der Waals surface area contributed by atoms with Crippen LogP contribution in [0.4, 0.5) is 15.9 Å². The summed E-state index contributed by atoms with van der Waals surface area (Å²) in [6.45, 7) is 1.32. The van der Waals surface area contributed by atoms with Crippen molar-refractivity contribution in [1.82, 2.24) is 9.55 Å². The van der Waals surface area contributed by atoms with Crippen molar-refractivity contribution in [3.8, 4) is 0 Å². The number of imidazole rings is 1. The van der Waals surface area contributed by atoms with Crippen LogP contribution in [0.5, 0.6) is 0 Å². The van der Waals surface area contributed by atoms with Crippen LogP contribution in [0.2, 0.25) is 5.02 Å². The van der Waals surface area contributed by atoms with E-state index in [0.29, 0.717) is 5.82 Å². The van der Waals surface area contributed by atoms with Gasteiger partial charge in [-0.05, 0) is 28.1 Å². The van der Waals surface area contributed by atoms with E-state index in [1.54, 1.807) is 0 Å². The number of carbonyl (C=O) groups excluding carboxylic acids is 1. The minimum absolute atomic E-state index is 0.0170. The molecule has 1 amide bonds. The van der Waals surface area contributed by atoms with Crippen molar-refractivity contribution in [3.05, 3.63) is 51.2 Å². The van der Waals surface area contributed by atoms with Gasteiger partial charge in [0.05, 0.1) is 5.69 Å². The van der Waals surface area contributed by atoms with E-state index in [4.69, 9.17) is 11.6 Å². The summed E-state index contributed by atoms with van der Waals surface area (Å²) < 4.78 is 14.8. The van der Waals surface area contributed by atoms with Crippen molar-refractivity contribution in [2.24, 2.45) is 0 Å². The Morgan fingerprint density at radius 3 is 2.86 bits per heavy atom. The van der Waals surface area contributed by atoms with Gasteiger partial charge in [-0.15, -0.1) is 0 Å². The molecule has 0 aliphatic heterocycles. The van der Waals surface area contributed by atoms with Crippen molar-refractivity contribution in [2.45, 2.75) is 13.5 Å². The Hall–Kier alpha value is -2.48. The average molecular weight is 313 g/mol. The van der Waals surface area contributed by atoms with E-state index >= 15 is 0 Å². The monoisotopic (exact) mass is 312 g/mol. The van der Waals surface area contributed by atoms with Crippen molar-refractivity contribution in [2.75, 3.05) is 5.32 Å². The predicted octanol–water partition coefficient (Wildman–Crippen LogP) is 2.53. The van der Waals surface area contributed by atoms with E-state index in [1.165, 1.54) is 23.6 Å². The lowest BCUT2D eigenvalue weighted by Gasteiger charge is -2.07. The van der Waals surface area contributed by atoms with Gasteiger partial charge in [0.15, 0.2) is 0 Å². The minimum Gasteiger partial charge on any atom is -0.358 e. The molecule has 1 heterocycles. The number of amides is 1. The van der Waals surface area contributed by atoms with Crippen LogP contribution in [0.25, 0.3) is 0 Å². The summed E-state index contributed by atoms with van der Waals surface area (Å²) in [7, 11) is 0. The first-order valence-electron chi connectivity index (χ1n) is 5.80.